The zero-order valence-electron chi connectivity index (χ0n) is 15.5. The number of nitrogens with one attached hydrogen (secondary N) is 1. The monoisotopic (exact) mass is 342 g/mol. The molecule has 0 spiro atoms. The third kappa shape index (κ3) is 4.05. The fourth-order valence-corrected chi connectivity index (χ4v) is 4.14. The van der Waals surface area contributed by atoms with Crippen molar-refractivity contribution in [2.75, 3.05) is 6.54 Å². The molecule has 2 aliphatic rings. The van der Waals surface area contributed by atoms with E-state index in [2.05, 4.69) is 30.4 Å². The third-order valence-corrected chi connectivity index (χ3v) is 5.75. The van der Waals surface area contributed by atoms with E-state index in [4.69, 9.17) is 0 Å². The maximum Gasteiger partial charge on any atom is 0.312 e. The maximum absolute atomic E-state index is 12.5. The van der Waals surface area contributed by atoms with Crippen LogP contribution in [0.2, 0.25) is 0 Å². The number of amides is 2. The van der Waals surface area contributed by atoms with Gasteiger partial charge in [0.2, 0.25) is 0 Å². The van der Waals surface area contributed by atoms with Crippen LogP contribution in [0.25, 0.3) is 0 Å². The summed E-state index contributed by atoms with van der Waals surface area (Å²) in [4.78, 5) is 26.8. The number of rotatable bonds is 3. The zero-order chi connectivity index (χ0) is 17.8. The van der Waals surface area contributed by atoms with Crippen molar-refractivity contribution in [2.45, 2.75) is 77.3 Å². The Labute approximate surface area is 151 Å². The van der Waals surface area contributed by atoms with Gasteiger partial charge in [-0.15, -0.1) is 0 Å². The van der Waals surface area contributed by atoms with E-state index in [0.29, 0.717) is 6.54 Å². The van der Waals surface area contributed by atoms with E-state index in [1.54, 1.807) is 4.90 Å². The Kier molecular flexibility index (Phi) is 5.77. The van der Waals surface area contributed by atoms with Gasteiger partial charge in [-0.3, -0.25) is 9.59 Å². The molecule has 0 aromatic heterocycles. The Morgan fingerprint density at radius 1 is 1.16 bits per heavy atom. The zero-order valence-corrected chi connectivity index (χ0v) is 15.5. The van der Waals surface area contributed by atoms with Crippen molar-refractivity contribution in [3.63, 3.8) is 0 Å². The van der Waals surface area contributed by atoms with Gasteiger partial charge >= 0.3 is 11.8 Å². The molecular weight excluding hydrogens is 312 g/mol. The van der Waals surface area contributed by atoms with E-state index >= 15 is 0 Å². The molecule has 25 heavy (non-hydrogen) atoms. The van der Waals surface area contributed by atoms with Gasteiger partial charge in [0.1, 0.15) is 0 Å². The summed E-state index contributed by atoms with van der Waals surface area (Å²) in [5.74, 6) is -0.832. The minimum atomic E-state index is -0.460. The van der Waals surface area contributed by atoms with Crippen LogP contribution in [0.1, 0.15) is 75.1 Å². The number of hydrogen-bond acceptors (Lipinski definition) is 2. The van der Waals surface area contributed by atoms with E-state index in [1.807, 2.05) is 6.92 Å². The number of hydrogen-bond donors (Lipinski definition) is 1. The molecule has 1 fully saturated rings. The van der Waals surface area contributed by atoms with Crippen LogP contribution in [-0.4, -0.2) is 29.3 Å². The van der Waals surface area contributed by atoms with E-state index in [9.17, 15) is 9.59 Å². The number of nitrogens with zero attached hydrogens (tertiary/aromatic N) is 1. The Balaban J connectivity index is 1.69. The number of carbonyl (C=O) groups is 2. The number of aryl methyl sites for hydroxylation is 2. The number of carbonyl (C=O) groups excluding carboxylic acids is 2. The molecular formula is C21H30N2O2. The molecule has 1 aliphatic heterocycles. The Morgan fingerprint density at radius 2 is 1.92 bits per heavy atom. The summed E-state index contributed by atoms with van der Waals surface area (Å²) >= 11 is 0. The van der Waals surface area contributed by atoms with Gasteiger partial charge in [-0.2, -0.15) is 0 Å². The molecule has 0 radical (unpaired) electrons. The van der Waals surface area contributed by atoms with Gasteiger partial charge in [-0.25, -0.2) is 0 Å². The fraction of sp³-hybridized carbons (Fsp3) is 0.619. The smallest absolute Gasteiger partial charge is 0.312 e. The summed E-state index contributed by atoms with van der Waals surface area (Å²) in [5.41, 5.74) is 3.97. The molecule has 1 aromatic rings. The van der Waals surface area contributed by atoms with Crippen molar-refractivity contribution in [2.24, 2.45) is 0 Å². The van der Waals surface area contributed by atoms with Gasteiger partial charge < -0.3 is 10.2 Å². The van der Waals surface area contributed by atoms with E-state index in [-0.39, 0.29) is 18.0 Å². The molecule has 1 aromatic carbocycles. The van der Waals surface area contributed by atoms with Gasteiger partial charge in [-0.05, 0) is 75.0 Å². The summed E-state index contributed by atoms with van der Waals surface area (Å²) in [6, 6.07) is 6.62. The van der Waals surface area contributed by atoms with Crippen LogP contribution in [-0.2, 0) is 22.4 Å². The van der Waals surface area contributed by atoms with Gasteiger partial charge in [0.15, 0.2) is 0 Å². The van der Waals surface area contributed by atoms with E-state index in [0.717, 1.165) is 44.1 Å². The lowest BCUT2D eigenvalue weighted by Gasteiger charge is -2.33. The van der Waals surface area contributed by atoms with Crippen LogP contribution in [0.5, 0.6) is 0 Å². The van der Waals surface area contributed by atoms with Crippen LogP contribution in [0.3, 0.4) is 0 Å². The molecule has 4 nitrogen and oxygen atoms in total. The van der Waals surface area contributed by atoms with Crippen molar-refractivity contribution in [3.05, 3.63) is 34.9 Å². The number of likely N-dealkylation sites (tertiary alicyclic amines) is 1. The average molecular weight is 342 g/mol. The first-order valence-electron chi connectivity index (χ1n) is 9.83. The lowest BCUT2D eigenvalue weighted by molar-refractivity contribution is -0.148. The van der Waals surface area contributed by atoms with Crippen molar-refractivity contribution in [1.29, 1.82) is 0 Å². The molecule has 1 heterocycles. The molecule has 1 saturated heterocycles. The Hall–Kier alpha value is -1.84. The molecule has 2 atom stereocenters. The van der Waals surface area contributed by atoms with E-state index in [1.165, 1.54) is 24.0 Å². The summed E-state index contributed by atoms with van der Waals surface area (Å²) in [6.45, 7) is 4.78. The standard InChI is InChI=1S/C21H30N2O2/c1-3-19(18-12-11-16-9-4-5-10-17(16)14-18)22-20(24)21(25)23-13-7-6-8-15(23)2/h11-12,14-15,19H,3-10,13H2,1-2H3,(H,22,24). The first-order valence-corrected chi connectivity index (χ1v) is 9.83. The number of piperidine rings is 1. The fourth-order valence-electron chi connectivity index (χ4n) is 4.14. The molecule has 2 amide bonds. The predicted molar refractivity (Wildman–Crippen MR) is 99.3 cm³/mol. The normalized spacial score (nSPS) is 21.4. The third-order valence-electron chi connectivity index (χ3n) is 5.75. The highest BCUT2D eigenvalue weighted by atomic mass is 16.2. The lowest BCUT2D eigenvalue weighted by Crippen LogP contribution is -2.49. The lowest BCUT2D eigenvalue weighted by atomic mass is 9.89. The van der Waals surface area contributed by atoms with Gasteiger partial charge in [0.05, 0.1) is 6.04 Å². The number of fused-ring (bicyclic) bond motifs is 1. The Morgan fingerprint density at radius 3 is 2.64 bits per heavy atom. The highest BCUT2D eigenvalue weighted by molar-refractivity contribution is 6.35. The van der Waals surface area contributed by atoms with Gasteiger partial charge in [0, 0.05) is 12.6 Å². The predicted octanol–water partition coefficient (Wildman–Crippen LogP) is 3.53. The molecule has 4 heteroatoms. The van der Waals surface area contributed by atoms with Crippen molar-refractivity contribution >= 4 is 11.8 Å². The molecule has 0 saturated carbocycles. The first-order chi connectivity index (χ1) is 12.1. The highest BCUT2D eigenvalue weighted by Crippen LogP contribution is 2.26. The molecule has 0 bridgehead atoms. The second-order valence-electron chi connectivity index (χ2n) is 7.51. The van der Waals surface area contributed by atoms with Crippen molar-refractivity contribution < 1.29 is 9.59 Å². The summed E-state index contributed by atoms with van der Waals surface area (Å²) < 4.78 is 0. The topological polar surface area (TPSA) is 49.4 Å². The summed E-state index contributed by atoms with van der Waals surface area (Å²) in [7, 11) is 0. The molecule has 1 aliphatic carbocycles. The quantitative estimate of drug-likeness (QED) is 0.854. The minimum Gasteiger partial charge on any atom is -0.341 e. The second kappa shape index (κ2) is 8.03. The largest absolute Gasteiger partial charge is 0.341 e. The summed E-state index contributed by atoms with van der Waals surface area (Å²) in [6.07, 6.45) is 8.69. The molecule has 2 unspecified atom stereocenters. The average Bonchev–Trinajstić information content (AvgIpc) is 2.65. The molecule has 3 rings (SSSR count). The van der Waals surface area contributed by atoms with Crippen LogP contribution in [0, 0.1) is 0 Å². The highest BCUT2D eigenvalue weighted by Gasteiger charge is 2.29. The van der Waals surface area contributed by atoms with Crippen LogP contribution >= 0.6 is 0 Å². The molecule has 1 N–H and O–H groups in total. The minimum absolute atomic E-state index is 0.0937. The number of benzene rings is 1. The Bertz CT molecular complexity index is 641. The van der Waals surface area contributed by atoms with Gasteiger partial charge in [-0.1, -0.05) is 25.1 Å². The molecule has 136 valence electrons. The summed E-state index contributed by atoms with van der Waals surface area (Å²) in [5, 5.41) is 2.98. The van der Waals surface area contributed by atoms with Crippen LogP contribution in [0.4, 0.5) is 0 Å². The first kappa shape index (κ1) is 18.0. The van der Waals surface area contributed by atoms with Crippen molar-refractivity contribution in [1.82, 2.24) is 10.2 Å². The second-order valence-corrected chi connectivity index (χ2v) is 7.51. The SMILES string of the molecule is CCC(NC(=O)C(=O)N1CCCCC1C)c1ccc2c(c1)CCCC2. The van der Waals surface area contributed by atoms with Gasteiger partial charge in [0.25, 0.3) is 0 Å². The van der Waals surface area contributed by atoms with Crippen LogP contribution < -0.4 is 5.32 Å². The van der Waals surface area contributed by atoms with E-state index < -0.39 is 5.91 Å². The van der Waals surface area contributed by atoms with Crippen LogP contribution in [0.15, 0.2) is 18.2 Å². The maximum atomic E-state index is 12.5. The van der Waals surface area contributed by atoms with Crippen molar-refractivity contribution in [3.8, 4) is 0 Å².